The molecule has 2 N–H and O–H groups in total. The van der Waals surface area contributed by atoms with Crippen molar-refractivity contribution in [2.75, 3.05) is 6.61 Å². The Morgan fingerprint density at radius 3 is 2.10 bits per heavy atom. The number of fused-ring (bicyclic) bond motifs is 2. The third kappa shape index (κ3) is 5.88. The van der Waals surface area contributed by atoms with Crippen LogP contribution in [-0.4, -0.2) is 82.8 Å². The maximum Gasteiger partial charge on any atom is 0.312 e. The number of esters is 5. The normalized spacial score (nSPS) is 40.7. The lowest BCUT2D eigenvalue weighted by Crippen LogP contribution is -2.68. The molecule has 1 saturated carbocycles. The Morgan fingerprint density at radius 1 is 0.975 bits per heavy atom. The Bertz CT molecular complexity index is 1070. The van der Waals surface area contributed by atoms with Crippen LogP contribution in [0, 0.1) is 23.2 Å². The molecular weight excluding hydrogens is 528 g/mol. The molecule has 0 aromatic heterocycles. The van der Waals surface area contributed by atoms with Crippen LogP contribution in [0.3, 0.4) is 0 Å². The van der Waals surface area contributed by atoms with Crippen molar-refractivity contribution in [3.05, 3.63) is 11.6 Å². The number of aliphatic hydroxyl groups excluding tert-OH is 1. The van der Waals surface area contributed by atoms with Crippen LogP contribution in [0.4, 0.5) is 0 Å². The topological polar surface area (TPSA) is 172 Å². The molecule has 1 saturated heterocycles. The number of rotatable bonds is 5. The molecule has 12 heteroatoms. The van der Waals surface area contributed by atoms with Crippen LogP contribution in [-0.2, 0) is 47.7 Å². The van der Waals surface area contributed by atoms with Gasteiger partial charge in [0.25, 0.3) is 0 Å². The molecule has 1 heterocycles. The van der Waals surface area contributed by atoms with Gasteiger partial charge in [-0.15, -0.1) is 0 Å². The van der Waals surface area contributed by atoms with Crippen LogP contribution in [0.2, 0.25) is 0 Å². The Balaban J connectivity index is 2.29. The van der Waals surface area contributed by atoms with E-state index in [9.17, 15) is 34.2 Å². The molecular formula is C28H40O12. The van der Waals surface area contributed by atoms with Crippen molar-refractivity contribution >= 4 is 29.8 Å². The highest BCUT2D eigenvalue weighted by Gasteiger charge is 2.67. The predicted octanol–water partition coefficient (Wildman–Crippen LogP) is 1.38. The first-order valence-electron chi connectivity index (χ1n) is 13.5. The van der Waals surface area contributed by atoms with Gasteiger partial charge in [-0.3, -0.25) is 24.0 Å². The van der Waals surface area contributed by atoms with Gasteiger partial charge in [0, 0.05) is 45.4 Å². The lowest BCUT2D eigenvalue weighted by Gasteiger charge is -2.57. The van der Waals surface area contributed by atoms with Crippen LogP contribution in [0.1, 0.15) is 67.7 Å². The quantitative estimate of drug-likeness (QED) is 0.278. The maximum atomic E-state index is 12.8. The smallest absolute Gasteiger partial charge is 0.312 e. The minimum absolute atomic E-state index is 0.0425. The number of hydrogen-bond acceptors (Lipinski definition) is 12. The van der Waals surface area contributed by atoms with Crippen molar-refractivity contribution in [1.82, 2.24) is 0 Å². The highest BCUT2D eigenvalue weighted by atomic mass is 16.6. The number of aliphatic hydroxyl groups is 2. The number of ether oxygens (including phenoxy) is 5. The largest absolute Gasteiger partial charge is 0.462 e. The van der Waals surface area contributed by atoms with E-state index in [1.165, 1.54) is 40.7 Å². The molecule has 40 heavy (non-hydrogen) atoms. The van der Waals surface area contributed by atoms with Gasteiger partial charge < -0.3 is 33.9 Å². The van der Waals surface area contributed by atoms with E-state index in [1.54, 1.807) is 13.8 Å². The summed E-state index contributed by atoms with van der Waals surface area (Å²) in [6.07, 6.45) is -3.99. The number of carbonyl (C=O) groups is 5. The van der Waals surface area contributed by atoms with Crippen molar-refractivity contribution in [1.29, 1.82) is 0 Å². The fraction of sp³-hybridized carbons (Fsp3) is 0.750. The molecule has 0 bridgehead atoms. The molecule has 1 aliphatic heterocycles. The molecule has 224 valence electrons. The van der Waals surface area contributed by atoms with Gasteiger partial charge in [0.15, 0.2) is 6.10 Å². The van der Waals surface area contributed by atoms with Gasteiger partial charge in [-0.2, -0.15) is 0 Å². The summed E-state index contributed by atoms with van der Waals surface area (Å²) in [7, 11) is 0. The Kier molecular flexibility index (Phi) is 9.35. The van der Waals surface area contributed by atoms with Crippen molar-refractivity contribution in [2.45, 2.75) is 104 Å². The first-order valence-corrected chi connectivity index (χ1v) is 13.5. The van der Waals surface area contributed by atoms with Gasteiger partial charge in [-0.1, -0.05) is 13.8 Å². The van der Waals surface area contributed by atoms with Crippen LogP contribution >= 0.6 is 0 Å². The fourth-order valence-electron chi connectivity index (χ4n) is 6.75. The molecule has 2 aliphatic carbocycles. The van der Waals surface area contributed by atoms with E-state index >= 15 is 0 Å². The zero-order chi connectivity index (χ0) is 30.2. The molecule has 12 nitrogen and oxygen atoms in total. The summed E-state index contributed by atoms with van der Waals surface area (Å²) in [5, 5.41) is 24.3. The Hall–Kier alpha value is -2.99. The molecule has 10 atom stereocenters. The van der Waals surface area contributed by atoms with E-state index in [2.05, 4.69) is 0 Å². The van der Waals surface area contributed by atoms with E-state index in [-0.39, 0.29) is 25.9 Å². The summed E-state index contributed by atoms with van der Waals surface area (Å²) in [6.45, 7) is 9.57. The maximum absolute atomic E-state index is 12.8. The van der Waals surface area contributed by atoms with Crippen LogP contribution < -0.4 is 0 Å². The van der Waals surface area contributed by atoms with Crippen LogP contribution in [0.25, 0.3) is 0 Å². The summed E-state index contributed by atoms with van der Waals surface area (Å²) in [5.74, 6) is -6.02. The first kappa shape index (κ1) is 31.5. The molecule has 0 unspecified atom stereocenters. The molecule has 0 radical (unpaired) electrons. The summed E-state index contributed by atoms with van der Waals surface area (Å²) in [6, 6.07) is 0. The van der Waals surface area contributed by atoms with Gasteiger partial charge in [-0.25, -0.2) is 0 Å². The van der Waals surface area contributed by atoms with Gasteiger partial charge in [0.2, 0.25) is 0 Å². The van der Waals surface area contributed by atoms with E-state index < -0.39 is 89.1 Å². The molecule has 0 spiro atoms. The average Bonchev–Trinajstić information content (AvgIpc) is 3.05. The van der Waals surface area contributed by atoms with Crippen molar-refractivity contribution < 1.29 is 57.9 Å². The summed E-state index contributed by atoms with van der Waals surface area (Å²) < 4.78 is 27.9. The predicted molar refractivity (Wildman–Crippen MR) is 136 cm³/mol. The second kappa shape index (κ2) is 11.9. The third-order valence-electron chi connectivity index (χ3n) is 8.77. The number of hydrogen-bond donors (Lipinski definition) is 2. The Labute approximate surface area is 233 Å². The van der Waals surface area contributed by atoms with Gasteiger partial charge >= 0.3 is 29.8 Å². The average molecular weight is 569 g/mol. The van der Waals surface area contributed by atoms with E-state index in [1.807, 2.05) is 0 Å². The minimum atomic E-state index is -2.18. The standard InChI is InChI=1S/C28H40O12/c1-13-20(37-16(4)30)11-22(39-18(6)32)27(7)21(38-17(5)31)9-8-19(12-36-15(3)29)10-23-28(35,25(33)24(13)27)14(2)26(34)40-23/h10,13-14,20-25,33,35H,8-9,11-12H2,1-7H3/b19-10+/t13-,14-,20+,21+,22-,23-,24+,25+,27-,28-/m0/s1. The highest BCUT2D eigenvalue weighted by molar-refractivity contribution is 5.77. The third-order valence-corrected chi connectivity index (χ3v) is 8.77. The highest BCUT2D eigenvalue weighted by Crippen LogP contribution is 2.56. The van der Waals surface area contributed by atoms with E-state index in [4.69, 9.17) is 23.7 Å². The lowest BCUT2D eigenvalue weighted by molar-refractivity contribution is -0.246. The van der Waals surface area contributed by atoms with E-state index in [0.717, 1.165) is 0 Å². The number of carbonyl (C=O) groups excluding carboxylic acids is 5. The zero-order valence-corrected chi connectivity index (χ0v) is 24.0. The summed E-state index contributed by atoms with van der Waals surface area (Å²) in [4.78, 5) is 61.0. The monoisotopic (exact) mass is 568 g/mol. The minimum Gasteiger partial charge on any atom is -0.462 e. The lowest BCUT2D eigenvalue weighted by atomic mass is 9.52. The fourth-order valence-corrected chi connectivity index (χ4v) is 6.75. The molecule has 0 amide bonds. The zero-order valence-electron chi connectivity index (χ0n) is 24.0. The van der Waals surface area contributed by atoms with Crippen LogP contribution in [0.5, 0.6) is 0 Å². The molecule has 2 fully saturated rings. The van der Waals surface area contributed by atoms with Gasteiger partial charge in [0.05, 0.1) is 12.0 Å². The van der Waals surface area contributed by atoms with Crippen molar-refractivity contribution in [3.63, 3.8) is 0 Å². The SMILES string of the molecule is CC(=O)OC/C1=C/[C@@H]2OC(=O)[C@H](C)[C@@]2(O)[C@H](O)[C@H]2[C@@H](C)[C@H](OC(C)=O)C[C@H](OC(C)=O)[C@]2(C)[C@H](OC(C)=O)CC1. The van der Waals surface area contributed by atoms with E-state index in [0.29, 0.717) is 5.57 Å². The first-order chi connectivity index (χ1) is 18.5. The molecule has 3 aliphatic rings. The molecule has 0 aromatic carbocycles. The summed E-state index contributed by atoms with van der Waals surface area (Å²) >= 11 is 0. The van der Waals surface area contributed by atoms with Gasteiger partial charge in [0.1, 0.15) is 30.5 Å². The molecule has 3 rings (SSSR count). The van der Waals surface area contributed by atoms with Gasteiger partial charge in [-0.05, 0) is 37.3 Å². The summed E-state index contributed by atoms with van der Waals surface area (Å²) in [5.41, 5.74) is -3.05. The Morgan fingerprint density at radius 2 is 1.55 bits per heavy atom. The molecule has 0 aromatic rings. The second-order valence-electron chi connectivity index (χ2n) is 11.4. The second-order valence-corrected chi connectivity index (χ2v) is 11.4. The van der Waals surface area contributed by atoms with Crippen molar-refractivity contribution in [2.24, 2.45) is 23.2 Å². The van der Waals surface area contributed by atoms with Crippen LogP contribution in [0.15, 0.2) is 11.6 Å². The van der Waals surface area contributed by atoms with Crippen molar-refractivity contribution in [3.8, 4) is 0 Å².